The van der Waals surface area contributed by atoms with Crippen LogP contribution in [0.2, 0.25) is 0 Å². The van der Waals surface area contributed by atoms with Gasteiger partial charge in [0.25, 0.3) is 5.91 Å². The molecule has 2 aromatic rings. The highest BCUT2D eigenvalue weighted by atomic mass is 16.3. The van der Waals surface area contributed by atoms with E-state index in [1.807, 2.05) is 18.2 Å². The normalized spacial score (nSPS) is 10.1. The molecule has 0 aliphatic carbocycles. The number of hydrogen-bond donors (Lipinski definition) is 1. The van der Waals surface area contributed by atoms with Crippen LogP contribution in [-0.2, 0) is 6.54 Å². The van der Waals surface area contributed by atoms with E-state index in [1.165, 1.54) is 0 Å². The Labute approximate surface area is 94.1 Å². The van der Waals surface area contributed by atoms with Gasteiger partial charge in [0.05, 0.1) is 12.8 Å². The average molecular weight is 214 g/mol. The number of nitrogens with one attached hydrogen (secondary N) is 1. The second kappa shape index (κ2) is 4.66. The van der Waals surface area contributed by atoms with Gasteiger partial charge in [-0.05, 0) is 36.8 Å². The number of hydrogen-bond acceptors (Lipinski definition) is 2. The van der Waals surface area contributed by atoms with Crippen LogP contribution in [0.3, 0.4) is 0 Å². The van der Waals surface area contributed by atoms with Gasteiger partial charge in [-0.25, -0.2) is 0 Å². The first-order chi connectivity index (χ1) is 7.75. The summed E-state index contributed by atoms with van der Waals surface area (Å²) < 4.78 is 5.11. The molecular weight excluding hydrogens is 202 g/mol. The number of amides is 1. The fourth-order valence-corrected chi connectivity index (χ4v) is 1.34. The lowest BCUT2D eigenvalue weighted by molar-refractivity contribution is 0.0948. The van der Waals surface area contributed by atoms with Crippen molar-refractivity contribution in [1.29, 1.82) is 0 Å². The molecule has 0 fully saturated rings. The Hall–Kier alpha value is -2.03. The van der Waals surface area contributed by atoms with E-state index in [9.17, 15) is 4.79 Å². The maximum Gasteiger partial charge on any atom is 0.251 e. The molecule has 81 valence electrons. The SMILES string of the molecule is [CH2]c1ccc(C(=O)NCc2ccco2)cc1. The molecule has 1 N–H and O–H groups in total. The van der Waals surface area contributed by atoms with E-state index in [2.05, 4.69) is 12.2 Å². The zero-order valence-electron chi connectivity index (χ0n) is 8.77. The van der Waals surface area contributed by atoms with Gasteiger partial charge in [0.15, 0.2) is 0 Å². The minimum Gasteiger partial charge on any atom is -0.467 e. The summed E-state index contributed by atoms with van der Waals surface area (Å²) in [7, 11) is 0. The fourth-order valence-electron chi connectivity index (χ4n) is 1.34. The molecule has 0 aliphatic rings. The molecule has 0 saturated heterocycles. The van der Waals surface area contributed by atoms with Gasteiger partial charge >= 0.3 is 0 Å². The topological polar surface area (TPSA) is 42.2 Å². The minimum atomic E-state index is -0.114. The third kappa shape index (κ3) is 2.51. The molecule has 1 aromatic carbocycles. The monoisotopic (exact) mass is 214 g/mol. The van der Waals surface area contributed by atoms with Crippen molar-refractivity contribution in [1.82, 2.24) is 5.32 Å². The Balaban J connectivity index is 1.95. The highest BCUT2D eigenvalue weighted by molar-refractivity contribution is 5.94. The zero-order valence-corrected chi connectivity index (χ0v) is 8.77. The standard InChI is InChI=1S/C13H12NO2/c1-10-4-6-11(7-5-10)13(15)14-9-12-3-2-8-16-12/h2-8H,1,9H2,(H,14,15). The molecule has 1 radical (unpaired) electrons. The summed E-state index contributed by atoms with van der Waals surface area (Å²) in [6.07, 6.45) is 1.58. The predicted molar refractivity (Wildman–Crippen MR) is 60.8 cm³/mol. The minimum absolute atomic E-state index is 0.114. The predicted octanol–water partition coefficient (Wildman–Crippen LogP) is 2.39. The molecule has 0 unspecified atom stereocenters. The van der Waals surface area contributed by atoms with Gasteiger partial charge in [-0.3, -0.25) is 4.79 Å². The Morgan fingerprint density at radius 2 is 2.00 bits per heavy atom. The summed E-state index contributed by atoms with van der Waals surface area (Å²) in [5.41, 5.74) is 1.52. The summed E-state index contributed by atoms with van der Waals surface area (Å²) in [5.74, 6) is 0.624. The largest absolute Gasteiger partial charge is 0.467 e. The molecule has 0 aliphatic heterocycles. The average Bonchev–Trinajstić information content (AvgIpc) is 2.80. The van der Waals surface area contributed by atoms with Crippen LogP contribution >= 0.6 is 0 Å². The van der Waals surface area contributed by atoms with Crippen molar-refractivity contribution in [3.05, 3.63) is 66.5 Å². The molecule has 1 aromatic heterocycles. The van der Waals surface area contributed by atoms with E-state index in [-0.39, 0.29) is 5.91 Å². The Morgan fingerprint density at radius 1 is 1.25 bits per heavy atom. The number of rotatable bonds is 3. The smallest absolute Gasteiger partial charge is 0.251 e. The molecule has 1 amide bonds. The van der Waals surface area contributed by atoms with Crippen LogP contribution in [-0.4, -0.2) is 5.91 Å². The quantitative estimate of drug-likeness (QED) is 0.852. The molecule has 16 heavy (non-hydrogen) atoms. The first kappa shape index (κ1) is 10.5. The van der Waals surface area contributed by atoms with Crippen molar-refractivity contribution in [3.63, 3.8) is 0 Å². The lowest BCUT2D eigenvalue weighted by atomic mass is 10.1. The number of benzene rings is 1. The molecule has 2 rings (SSSR count). The van der Waals surface area contributed by atoms with Crippen molar-refractivity contribution in [3.8, 4) is 0 Å². The lowest BCUT2D eigenvalue weighted by Gasteiger charge is -2.03. The van der Waals surface area contributed by atoms with Crippen LogP contribution < -0.4 is 5.32 Å². The second-order valence-corrected chi connectivity index (χ2v) is 3.46. The Bertz CT molecular complexity index is 457. The van der Waals surface area contributed by atoms with E-state index >= 15 is 0 Å². The number of furan rings is 1. The Kier molecular flexibility index (Phi) is 3.05. The van der Waals surface area contributed by atoms with E-state index in [0.29, 0.717) is 12.1 Å². The van der Waals surface area contributed by atoms with Crippen molar-refractivity contribution in [2.24, 2.45) is 0 Å². The fraction of sp³-hybridized carbons (Fsp3) is 0.0769. The van der Waals surface area contributed by atoms with Gasteiger partial charge < -0.3 is 9.73 Å². The molecule has 3 nitrogen and oxygen atoms in total. The van der Waals surface area contributed by atoms with Gasteiger partial charge in [0, 0.05) is 5.56 Å². The van der Waals surface area contributed by atoms with Crippen molar-refractivity contribution >= 4 is 5.91 Å². The molecule has 0 bridgehead atoms. The first-order valence-corrected chi connectivity index (χ1v) is 4.98. The third-order valence-corrected chi connectivity index (χ3v) is 2.22. The van der Waals surface area contributed by atoms with Crippen molar-refractivity contribution in [2.75, 3.05) is 0 Å². The molecule has 3 heteroatoms. The van der Waals surface area contributed by atoms with Crippen LogP contribution in [0.5, 0.6) is 0 Å². The zero-order chi connectivity index (χ0) is 11.4. The highest BCUT2D eigenvalue weighted by Gasteiger charge is 2.04. The maximum atomic E-state index is 11.7. The van der Waals surface area contributed by atoms with Crippen molar-refractivity contribution < 1.29 is 9.21 Å². The summed E-state index contributed by atoms with van der Waals surface area (Å²) >= 11 is 0. The second-order valence-electron chi connectivity index (χ2n) is 3.46. The van der Waals surface area contributed by atoms with E-state index in [0.717, 1.165) is 11.3 Å². The van der Waals surface area contributed by atoms with Gasteiger partial charge in [-0.2, -0.15) is 0 Å². The number of carbonyl (C=O) groups excluding carboxylic acids is 1. The van der Waals surface area contributed by atoms with Crippen molar-refractivity contribution in [2.45, 2.75) is 6.54 Å². The Morgan fingerprint density at radius 3 is 2.62 bits per heavy atom. The summed E-state index contributed by atoms with van der Waals surface area (Å²) in [4.78, 5) is 11.7. The van der Waals surface area contributed by atoms with Crippen LogP contribution in [0.1, 0.15) is 21.7 Å². The van der Waals surface area contributed by atoms with Crippen LogP contribution in [0, 0.1) is 6.92 Å². The van der Waals surface area contributed by atoms with Gasteiger partial charge in [-0.1, -0.05) is 12.1 Å². The van der Waals surface area contributed by atoms with Gasteiger partial charge in [0.1, 0.15) is 5.76 Å². The van der Waals surface area contributed by atoms with E-state index in [1.54, 1.807) is 24.5 Å². The highest BCUT2D eigenvalue weighted by Crippen LogP contribution is 2.04. The molecular formula is C13H12NO2. The molecule has 0 atom stereocenters. The first-order valence-electron chi connectivity index (χ1n) is 4.98. The number of carbonyl (C=O) groups is 1. The van der Waals surface area contributed by atoms with Crippen LogP contribution in [0.4, 0.5) is 0 Å². The van der Waals surface area contributed by atoms with Crippen LogP contribution in [0.25, 0.3) is 0 Å². The summed E-state index contributed by atoms with van der Waals surface area (Å²) in [5, 5.41) is 2.77. The molecule has 1 heterocycles. The van der Waals surface area contributed by atoms with E-state index < -0.39 is 0 Å². The maximum absolute atomic E-state index is 11.7. The summed E-state index contributed by atoms with van der Waals surface area (Å²) in [6, 6.07) is 10.7. The third-order valence-electron chi connectivity index (χ3n) is 2.22. The lowest BCUT2D eigenvalue weighted by Crippen LogP contribution is -2.22. The molecule has 0 saturated carbocycles. The van der Waals surface area contributed by atoms with E-state index in [4.69, 9.17) is 4.42 Å². The van der Waals surface area contributed by atoms with Gasteiger partial charge in [-0.15, -0.1) is 0 Å². The molecule has 0 spiro atoms. The summed E-state index contributed by atoms with van der Waals surface area (Å²) in [6.45, 7) is 4.16. The van der Waals surface area contributed by atoms with Gasteiger partial charge in [0.2, 0.25) is 0 Å². The van der Waals surface area contributed by atoms with Crippen LogP contribution in [0.15, 0.2) is 47.1 Å².